The van der Waals surface area contributed by atoms with Gasteiger partial charge in [0.2, 0.25) is 0 Å². The Morgan fingerprint density at radius 2 is 1.72 bits per heavy atom. The van der Waals surface area contributed by atoms with Gasteiger partial charge >= 0.3 is 0 Å². The third-order valence-corrected chi connectivity index (χ3v) is 3.79. The van der Waals surface area contributed by atoms with Crippen molar-refractivity contribution in [3.05, 3.63) is 35.4 Å². The van der Waals surface area contributed by atoms with Gasteiger partial charge in [-0.05, 0) is 36.3 Å². The highest BCUT2D eigenvalue weighted by molar-refractivity contribution is 5.27. The summed E-state index contributed by atoms with van der Waals surface area (Å²) >= 11 is 0. The molecule has 1 aromatic rings. The summed E-state index contributed by atoms with van der Waals surface area (Å²) in [5, 5.41) is 14.0. The van der Waals surface area contributed by atoms with Crippen molar-refractivity contribution in [3.63, 3.8) is 0 Å². The highest BCUT2D eigenvalue weighted by atomic mass is 16.3. The molecule has 2 N–H and O–H groups in total. The van der Waals surface area contributed by atoms with Crippen molar-refractivity contribution >= 4 is 0 Å². The molecule has 1 aliphatic carbocycles. The Morgan fingerprint density at radius 3 is 2.17 bits per heavy atom. The molecule has 18 heavy (non-hydrogen) atoms. The lowest BCUT2D eigenvalue weighted by molar-refractivity contribution is 0.125. The van der Waals surface area contributed by atoms with Crippen molar-refractivity contribution in [2.45, 2.75) is 64.1 Å². The summed E-state index contributed by atoms with van der Waals surface area (Å²) in [4.78, 5) is 0. The van der Waals surface area contributed by atoms with Gasteiger partial charge in [-0.1, -0.05) is 45.0 Å². The van der Waals surface area contributed by atoms with Gasteiger partial charge in [0.25, 0.3) is 0 Å². The highest BCUT2D eigenvalue weighted by Crippen LogP contribution is 2.26. The minimum absolute atomic E-state index is 0.183. The Bertz CT molecular complexity index is 367. The van der Waals surface area contributed by atoms with Crippen molar-refractivity contribution in [1.29, 1.82) is 0 Å². The standard InChI is InChI=1S/C16H25NO/c1-4-15(17-14-9-10-14)16(18)13-7-5-12(6-8-13)11(2)3/h5-8,11,14-18H,4,9-10H2,1-3H3. The molecule has 1 saturated carbocycles. The summed E-state index contributed by atoms with van der Waals surface area (Å²) in [6, 6.07) is 9.22. The number of aliphatic hydroxyl groups is 1. The number of nitrogens with one attached hydrogen (secondary N) is 1. The van der Waals surface area contributed by atoms with E-state index >= 15 is 0 Å². The normalized spacial score (nSPS) is 18.9. The monoisotopic (exact) mass is 247 g/mol. The molecule has 2 nitrogen and oxygen atoms in total. The van der Waals surface area contributed by atoms with E-state index in [0.717, 1.165) is 12.0 Å². The summed E-state index contributed by atoms with van der Waals surface area (Å²) in [6.45, 7) is 6.51. The Labute approximate surface area is 110 Å². The molecule has 0 heterocycles. The first-order valence-electron chi connectivity index (χ1n) is 7.15. The van der Waals surface area contributed by atoms with E-state index in [0.29, 0.717) is 12.0 Å². The minimum Gasteiger partial charge on any atom is -0.387 e. The van der Waals surface area contributed by atoms with Gasteiger partial charge in [0.15, 0.2) is 0 Å². The van der Waals surface area contributed by atoms with Crippen LogP contribution in [0, 0.1) is 0 Å². The molecule has 1 aliphatic rings. The lowest BCUT2D eigenvalue weighted by atomic mass is 9.96. The van der Waals surface area contributed by atoms with E-state index < -0.39 is 6.10 Å². The molecule has 2 atom stereocenters. The number of aliphatic hydroxyl groups excluding tert-OH is 1. The van der Waals surface area contributed by atoms with E-state index in [4.69, 9.17) is 0 Å². The predicted octanol–water partition coefficient (Wildman–Crippen LogP) is 3.37. The van der Waals surface area contributed by atoms with E-state index in [1.54, 1.807) is 0 Å². The second kappa shape index (κ2) is 5.85. The fourth-order valence-corrected chi connectivity index (χ4v) is 2.30. The van der Waals surface area contributed by atoms with Crippen LogP contribution in [0.25, 0.3) is 0 Å². The molecule has 0 amide bonds. The first-order chi connectivity index (χ1) is 8.61. The van der Waals surface area contributed by atoms with Gasteiger partial charge in [-0.15, -0.1) is 0 Å². The number of hydrogen-bond acceptors (Lipinski definition) is 2. The molecule has 0 aromatic heterocycles. The number of benzene rings is 1. The van der Waals surface area contributed by atoms with Crippen LogP contribution in [-0.4, -0.2) is 17.2 Å². The van der Waals surface area contributed by atoms with Crippen molar-refractivity contribution in [1.82, 2.24) is 5.32 Å². The van der Waals surface area contributed by atoms with Gasteiger partial charge in [0.1, 0.15) is 0 Å². The Morgan fingerprint density at radius 1 is 1.17 bits per heavy atom. The molecule has 0 bridgehead atoms. The predicted molar refractivity (Wildman–Crippen MR) is 75.7 cm³/mol. The summed E-state index contributed by atoms with van der Waals surface area (Å²) in [5.74, 6) is 0.544. The van der Waals surface area contributed by atoms with Gasteiger partial charge in [-0.3, -0.25) is 0 Å². The third-order valence-electron chi connectivity index (χ3n) is 3.79. The van der Waals surface area contributed by atoms with Crippen LogP contribution in [0.5, 0.6) is 0 Å². The SMILES string of the molecule is CCC(NC1CC1)C(O)c1ccc(C(C)C)cc1. The Kier molecular flexibility index (Phi) is 4.41. The van der Waals surface area contributed by atoms with E-state index in [1.807, 2.05) is 0 Å². The van der Waals surface area contributed by atoms with Gasteiger partial charge in [-0.25, -0.2) is 0 Å². The summed E-state index contributed by atoms with van der Waals surface area (Å²) in [6.07, 6.45) is 3.09. The lowest BCUT2D eigenvalue weighted by Gasteiger charge is -2.23. The fourth-order valence-electron chi connectivity index (χ4n) is 2.30. The third kappa shape index (κ3) is 3.33. The fraction of sp³-hybridized carbons (Fsp3) is 0.625. The molecule has 0 saturated heterocycles. The average molecular weight is 247 g/mol. The largest absolute Gasteiger partial charge is 0.387 e. The topological polar surface area (TPSA) is 32.3 Å². The van der Waals surface area contributed by atoms with Crippen LogP contribution >= 0.6 is 0 Å². The minimum atomic E-state index is -0.392. The maximum Gasteiger partial charge on any atom is 0.0942 e. The molecule has 2 rings (SSSR count). The van der Waals surface area contributed by atoms with Crippen LogP contribution in [0.1, 0.15) is 63.2 Å². The number of hydrogen-bond donors (Lipinski definition) is 2. The van der Waals surface area contributed by atoms with Crippen LogP contribution in [0.15, 0.2) is 24.3 Å². The Balaban J connectivity index is 2.03. The van der Waals surface area contributed by atoms with Gasteiger partial charge in [0, 0.05) is 12.1 Å². The first kappa shape index (κ1) is 13.6. The smallest absolute Gasteiger partial charge is 0.0942 e. The van der Waals surface area contributed by atoms with Crippen LogP contribution in [0.3, 0.4) is 0 Å². The van der Waals surface area contributed by atoms with Crippen LogP contribution in [-0.2, 0) is 0 Å². The molecule has 2 heteroatoms. The van der Waals surface area contributed by atoms with Crippen molar-refractivity contribution < 1.29 is 5.11 Å². The van der Waals surface area contributed by atoms with E-state index in [9.17, 15) is 5.11 Å². The molecular weight excluding hydrogens is 222 g/mol. The lowest BCUT2D eigenvalue weighted by Crippen LogP contribution is -2.35. The van der Waals surface area contributed by atoms with Gasteiger partial charge in [-0.2, -0.15) is 0 Å². The average Bonchev–Trinajstić information content (AvgIpc) is 3.19. The zero-order chi connectivity index (χ0) is 13.1. The van der Waals surface area contributed by atoms with Crippen molar-refractivity contribution in [2.75, 3.05) is 0 Å². The van der Waals surface area contributed by atoms with Crippen LogP contribution in [0.4, 0.5) is 0 Å². The second-order valence-corrected chi connectivity index (χ2v) is 5.72. The Hall–Kier alpha value is -0.860. The molecule has 0 radical (unpaired) electrons. The summed E-state index contributed by atoms with van der Waals surface area (Å²) in [5.41, 5.74) is 2.36. The maximum atomic E-state index is 10.4. The van der Waals surface area contributed by atoms with Crippen molar-refractivity contribution in [2.24, 2.45) is 0 Å². The summed E-state index contributed by atoms with van der Waals surface area (Å²) < 4.78 is 0. The van der Waals surface area contributed by atoms with Gasteiger partial charge in [0.05, 0.1) is 6.10 Å². The quantitative estimate of drug-likeness (QED) is 0.807. The first-order valence-corrected chi connectivity index (χ1v) is 7.15. The van der Waals surface area contributed by atoms with Crippen LogP contribution < -0.4 is 5.32 Å². The molecule has 0 aliphatic heterocycles. The highest BCUT2D eigenvalue weighted by Gasteiger charge is 2.27. The molecule has 0 spiro atoms. The van der Waals surface area contributed by atoms with Gasteiger partial charge < -0.3 is 10.4 Å². The molecular formula is C16H25NO. The molecule has 1 fully saturated rings. The van der Waals surface area contributed by atoms with Crippen LogP contribution in [0.2, 0.25) is 0 Å². The second-order valence-electron chi connectivity index (χ2n) is 5.72. The van der Waals surface area contributed by atoms with E-state index in [-0.39, 0.29) is 6.04 Å². The van der Waals surface area contributed by atoms with Crippen molar-refractivity contribution in [3.8, 4) is 0 Å². The maximum absolute atomic E-state index is 10.4. The molecule has 2 unspecified atom stereocenters. The van der Waals surface area contributed by atoms with E-state index in [1.165, 1.54) is 18.4 Å². The van der Waals surface area contributed by atoms with E-state index in [2.05, 4.69) is 50.4 Å². The summed E-state index contributed by atoms with van der Waals surface area (Å²) in [7, 11) is 0. The number of rotatable bonds is 6. The molecule has 1 aromatic carbocycles. The zero-order valence-electron chi connectivity index (χ0n) is 11.7. The zero-order valence-corrected chi connectivity index (χ0v) is 11.7. The molecule has 100 valence electrons.